The summed E-state index contributed by atoms with van der Waals surface area (Å²) in [7, 11) is 5.30. The lowest BCUT2D eigenvalue weighted by Gasteiger charge is -2.16. The minimum Gasteiger partial charge on any atom is -0.496 e. The van der Waals surface area contributed by atoms with E-state index in [9.17, 15) is 14.4 Å². The number of methoxy groups -OCH3 is 1. The molecule has 1 N–H and O–H groups in total. The number of amides is 3. The number of carbonyl (C=O) groups excluding carboxylic acids is 3. The summed E-state index contributed by atoms with van der Waals surface area (Å²) in [5, 5.41) is 2.87. The number of benzene rings is 2. The topological polar surface area (TPSA) is 91.8 Å². The number of rotatable bonds is 7. The Morgan fingerprint density at radius 2 is 1.67 bits per heavy atom. The van der Waals surface area contributed by atoms with Crippen molar-refractivity contribution in [1.29, 1.82) is 0 Å². The Morgan fingerprint density at radius 3 is 2.24 bits per heavy atom. The monoisotopic (exact) mass is 444 g/mol. The molecule has 33 heavy (non-hydrogen) atoms. The predicted octanol–water partition coefficient (Wildman–Crippen LogP) is 2.88. The zero-order valence-corrected chi connectivity index (χ0v) is 18.7. The highest BCUT2D eigenvalue weighted by Crippen LogP contribution is 2.26. The fraction of sp³-hybridized carbons (Fsp3) is 0.200. The van der Waals surface area contributed by atoms with Crippen LogP contribution in [0.5, 0.6) is 5.75 Å². The van der Waals surface area contributed by atoms with E-state index in [1.54, 1.807) is 48.7 Å². The van der Waals surface area contributed by atoms with Crippen LogP contribution >= 0.6 is 0 Å². The molecule has 0 unspecified atom stereocenters. The Balaban J connectivity index is 1.49. The average Bonchev–Trinajstić information content (AvgIpc) is 3.07. The highest BCUT2D eigenvalue weighted by molar-refractivity contribution is 6.21. The predicted molar refractivity (Wildman–Crippen MR) is 123 cm³/mol. The number of hydrogen-bond acceptors (Lipinski definition) is 6. The Morgan fingerprint density at radius 1 is 1.00 bits per heavy atom. The molecule has 0 radical (unpaired) electrons. The number of nitrogens with zero attached hydrogens (tertiary/aromatic N) is 3. The van der Waals surface area contributed by atoms with Crippen molar-refractivity contribution in [3.63, 3.8) is 0 Å². The van der Waals surface area contributed by atoms with Crippen LogP contribution in [0.4, 0.5) is 5.82 Å². The smallest absolute Gasteiger partial charge is 0.261 e. The molecule has 3 aromatic rings. The van der Waals surface area contributed by atoms with E-state index >= 15 is 0 Å². The summed E-state index contributed by atoms with van der Waals surface area (Å²) in [4.78, 5) is 45.7. The van der Waals surface area contributed by atoms with E-state index in [1.165, 1.54) is 12.0 Å². The summed E-state index contributed by atoms with van der Waals surface area (Å²) in [6, 6.07) is 15.6. The second-order valence-electron chi connectivity index (χ2n) is 7.88. The van der Waals surface area contributed by atoms with Crippen molar-refractivity contribution in [1.82, 2.24) is 15.2 Å². The molecule has 0 bridgehead atoms. The zero-order chi connectivity index (χ0) is 23.5. The number of aromatic nitrogens is 1. The largest absolute Gasteiger partial charge is 0.496 e. The first kappa shape index (κ1) is 22.0. The van der Waals surface area contributed by atoms with Crippen LogP contribution in [0.3, 0.4) is 0 Å². The number of anilines is 1. The molecule has 2 heterocycles. The molecule has 1 aliphatic heterocycles. The Hall–Kier alpha value is -4.20. The summed E-state index contributed by atoms with van der Waals surface area (Å²) in [6.07, 6.45) is 1.71. The molecule has 2 aromatic carbocycles. The molecule has 1 aromatic heterocycles. The standard InChI is InChI=1S/C25H24N4O4/c1-28(2)22-11-9-17(13-26-22)14-27-23(30)20-12-16(8-10-21(20)33-3)15-29-24(31)18-6-4-5-7-19(18)25(29)32/h4-13H,14-15H2,1-3H3,(H,27,30). The molecule has 0 fully saturated rings. The van der Waals surface area contributed by atoms with Gasteiger partial charge in [0.05, 0.1) is 30.3 Å². The van der Waals surface area contributed by atoms with E-state index < -0.39 is 0 Å². The van der Waals surface area contributed by atoms with Crippen molar-refractivity contribution < 1.29 is 19.1 Å². The number of hydrogen-bond donors (Lipinski definition) is 1. The van der Waals surface area contributed by atoms with E-state index in [1.807, 2.05) is 31.1 Å². The van der Waals surface area contributed by atoms with Crippen LogP contribution < -0.4 is 15.0 Å². The molecule has 1 aliphatic rings. The van der Waals surface area contributed by atoms with Gasteiger partial charge in [0.2, 0.25) is 0 Å². The highest BCUT2D eigenvalue weighted by Gasteiger charge is 2.35. The minimum atomic E-state index is -0.342. The fourth-order valence-corrected chi connectivity index (χ4v) is 3.66. The second kappa shape index (κ2) is 9.12. The second-order valence-corrected chi connectivity index (χ2v) is 7.88. The molecule has 0 spiro atoms. The normalized spacial score (nSPS) is 12.5. The van der Waals surface area contributed by atoms with Crippen molar-refractivity contribution >= 4 is 23.5 Å². The van der Waals surface area contributed by atoms with E-state index in [-0.39, 0.29) is 24.3 Å². The first-order chi connectivity index (χ1) is 15.9. The molecule has 8 nitrogen and oxygen atoms in total. The first-order valence-corrected chi connectivity index (χ1v) is 10.4. The molecule has 3 amide bonds. The molecule has 0 aliphatic carbocycles. The lowest BCUT2D eigenvalue weighted by Crippen LogP contribution is -2.29. The Labute approximate surface area is 191 Å². The molecule has 168 valence electrons. The van der Waals surface area contributed by atoms with Gasteiger partial charge in [-0.25, -0.2) is 4.98 Å². The van der Waals surface area contributed by atoms with Gasteiger partial charge in [-0.2, -0.15) is 0 Å². The van der Waals surface area contributed by atoms with Gasteiger partial charge in [-0.15, -0.1) is 0 Å². The number of nitrogens with one attached hydrogen (secondary N) is 1. The highest BCUT2D eigenvalue weighted by atomic mass is 16.5. The first-order valence-electron chi connectivity index (χ1n) is 10.4. The van der Waals surface area contributed by atoms with Crippen LogP contribution in [-0.2, 0) is 13.1 Å². The van der Waals surface area contributed by atoms with Crippen molar-refractivity contribution in [2.24, 2.45) is 0 Å². The summed E-state index contributed by atoms with van der Waals surface area (Å²) in [5.41, 5.74) is 2.61. The number of imide groups is 1. The maximum atomic E-state index is 12.9. The fourth-order valence-electron chi connectivity index (χ4n) is 3.66. The van der Waals surface area contributed by atoms with Crippen LogP contribution in [0.1, 0.15) is 42.2 Å². The van der Waals surface area contributed by atoms with Crippen LogP contribution in [-0.4, -0.2) is 48.8 Å². The van der Waals surface area contributed by atoms with Gasteiger partial charge in [-0.3, -0.25) is 19.3 Å². The van der Waals surface area contributed by atoms with Crippen LogP contribution in [0.25, 0.3) is 0 Å². The molecular weight excluding hydrogens is 420 g/mol. The molecule has 0 saturated heterocycles. The van der Waals surface area contributed by atoms with Gasteiger partial charge >= 0.3 is 0 Å². The number of ether oxygens (including phenoxy) is 1. The van der Waals surface area contributed by atoms with Gasteiger partial charge in [0.1, 0.15) is 11.6 Å². The Kier molecular flexibility index (Phi) is 6.08. The lowest BCUT2D eigenvalue weighted by molar-refractivity contribution is 0.0642. The SMILES string of the molecule is COc1ccc(CN2C(=O)c3ccccc3C2=O)cc1C(=O)NCc1ccc(N(C)C)nc1. The number of pyridine rings is 1. The van der Waals surface area contributed by atoms with Crippen LogP contribution in [0.15, 0.2) is 60.8 Å². The van der Waals surface area contributed by atoms with Crippen LogP contribution in [0.2, 0.25) is 0 Å². The maximum absolute atomic E-state index is 12.9. The number of fused-ring (bicyclic) bond motifs is 1. The summed E-state index contributed by atoms with van der Waals surface area (Å²) in [6.45, 7) is 0.359. The summed E-state index contributed by atoms with van der Waals surface area (Å²) >= 11 is 0. The maximum Gasteiger partial charge on any atom is 0.261 e. The van der Waals surface area contributed by atoms with E-state index in [4.69, 9.17) is 4.74 Å². The van der Waals surface area contributed by atoms with Crippen molar-refractivity contribution in [2.75, 3.05) is 26.1 Å². The van der Waals surface area contributed by atoms with E-state index in [0.29, 0.717) is 34.5 Å². The summed E-state index contributed by atoms with van der Waals surface area (Å²) < 4.78 is 5.35. The van der Waals surface area contributed by atoms with Crippen molar-refractivity contribution in [2.45, 2.75) is 13.1 Å². The zero-order valence-electron chi connectivity index (χ0n) is 18.7. The van der Waals surface area contributed by atoms with Gasteiger partial charge in [-0.05, 0) is 41.5 Å². The number of carbonyl (C=O) groups is 3. The molecule has 4 rings (SSSR count). The van der Waals surface area contributed by atoms with Gasteiger partial charge in [0, 0.05) is 26.8 Å². The van der Waals surface area contributed by atoms with Crippen LogP contribution in [0, 0.1) is 0 Å². The molecule has 0 atom stereocenters. The van der Waals surface area contributed by atoms with Crippen molar-refractivity contribution in [3.05, 3.63) is 88.6 Å². The Bertz CT molecular complexity index is 1190. The third-order valence-corrected chi connectivity index (χ3v) is 5.45. The van der Waals surface area contributed by atoms with Gasteiger partial charge in [0.25, 0.3) is 17.7 Å². The average molecular weight is 444 g/mol. The van der Waals surface area contributed by atoms with Gasteiger partial charge in [-0.1, -0.05) is 24.3 Å². The van der Waals surface area contributed by atoms with E-state index in [0.717, 1.165) is 11.4 Å². The minimum absolute atomic E-state index is 0.0620. The molecule has 8 heteroatoms. The third-order valence-electron chi connectivity index (χ3n) is 5.45. The third kappa shape index (κ3) is 4.41. The quantitative estimate of drug-likeness (QED) is 0.564. The van der Waals surface area contributed by atoms with Crippen molar-refractivity contribution in [3.8, 4) is 5.75 Å². The van der Waals surface area contributed by atoms with Gasteiger partial charge in [0.15, 0.2) is 0 Å². The lowest BCUT2D eigenvalue weighted by atomic mass is 10.1. The molecule has 0 saturated carbocycles. The summed E-state index contributed by atoms with van der Waals surface area (Å²) in [5.74, 6) is 0.220. The van der Waals surface area contributed by atoms with Gasteiger partial charge < -0.3 is 15.0 Å². The molecular formula is C25H24N4O4. The van der Waals surface area contributed by atoms with E-state index in [2.05, 4.69) is 10.3 Å².